The molecule has 9 heteroatoms. The van der Waals surface area contributed by atoms with E-state index in [1.165, 1.54) is 26.4 Å². The maximum absolute atomic E-state index is 11.7. The topological polar surface area (TPSA) is 146 Å². The van der Waals surface area contributed by atoms with Crippen LogP contribution >= 0.6 is 0 Å². The van der Waals surface area contributed by atoms with Gasteiger partial charge in [-0.15, -0.1) is 0 Å². The third-order valence-corrected chi connectivity index (χ3v) is 4.11. The van der Waals surface area contributed by atoms with Gasteiger partial charge in [0.15, 0.2) is 0 Å². The molecule has 0 amide bonds. The van der Waals surface area contributed by atoms with Gasteiger partial charge < -0.3 is 39.7 Å². The highest BCUT2D eigenvalue weighted by Crippen LogP contribution is 2.43. The van der Waals surface area contributed by atoms with Crippen molar-refractivity contribution in [3.05, 3.63) is 23.3 Å². The Bertz CT molecular complexity index is 617. The molecule has 1 aromatic rings. The first-order valence-corrected chi connectivity index (χ1v) is 7.11. The van der Waals surface area contributed by atoms with Gasteiger partial charge in [-0.05, 0) is 12.1 Å². The van der Waals surface area contributed by atoms with Crippen molar-refractivity contribution in [2.45, 2.75) is 23.9 Å². The predicted molar refractivity (Wildman–Crippen MR) is 79.2 cm³/mol. The lowest BCUT2D eigenvalue weighted by atomic mass is 9.79. The molecule has 1 aromatic carbocycles. The molecule has 1 aliphatic heterocycles. The first-order valence-electron chi connectivity index (χ1n) is 7.11. The second-order valence-electron chi connectivity index (χ2n) is 5.42. The zero-order chi connectivity index (χ0) is 18.1. The Kier molecular flexibility index (Phi) is 5.31. The van der Waals surface area contributed by atoms with Crippen LogP contribution in [0.5, 0.6) is 11.5 Å². The first kappa shape index (κ1) is 18.4. The van der Waals surface area contributed by atoms with Gasteiger partial charge in [0.05, 0.1) is 27.4 Å². The number of aromatic carboxylic acids is 1. The number of carboxylic acids is 1. The summed E-state index contributed by atoms with van der Waals surface area (Å²) in [6, 6.07) is 2.72. The van der Waals surface area contributed by atoms with Gasteiger partial charge in [0, 0.05) is 5.56 Å². The van der Waals surface area contributed by atoms with E-state index >= 15 is 0 Å². The molecule has 5 N–H and O–H groups in total. The Morgan fingerprint density at radius 3 is 2.38 bits per heavy atom. The monoisotopic (exact) mass is 344 g/mol. The maximum Gasteiger partial charge on any atom is 0.340 e. The van der Waals surface area contributed by atoms with E-state index in [-0.39, 0.29) is 17.1 Å². The number of methoxy groups -OCH3 is 2. The van der Waals surface area contributed by atoms with Crippen molar-refractivity contribution in [3.8, 4) is 11.5 Å². The quantitative estimate of drug-likeness (QED) is 0.440. The Morgan fingerprint density at radius 1 is 1.29 bits per heavy atom. The van der Waals surface area contributed by atoms with E-state index in [9.17, 15) is 25.2 Å². The SMILES string of the molecule is COc1ccc(OC)c([C@@]2(O)CO[C@H](CO)[C@@H](O)[C@@H]2O)c1C(=O)O. The lowest BCUT2D eigenvalue weighted by Gasteiger charge is -2.44. The summed E-state index contributed by atoms with van der Waals surface area (Å²) in [5, 5.41) is 50.0. The van der Waals surface area contributed by atoms with Gasteiger partial charge in [-0.3, -0.25) is 0 Å². The second kappa shape index (κ2) is 6.91. The number of hydrogen-bond acceptors (Lipinski definition) is 8. The highest BCUT2D eigenvalue weighted by atomic mass is 16.5. The first-order chi connectivity index (χ1) is 11.3. The van der Waals surface area contributed by atoms with Crippen molar-refractivity contribution in [1.82, 2.24) is 0 Å². The van der Waals surface area contributed by atoms with Crippen LogP contribution in [-0.2, 0) is 10.3 Å². The van der Waals surface area contributed by atoms with E-state index in [0.29, 0.717) is 0 Å². The summed E-state index contributed by atoms with van der Waals surface area (Å²) in [5.41, 5.74) is -2.98. The van der Waals surface area contributed by atoms with Crippen molar-refractivity contribution in [3.63, 3.8) is 0 Å². The van der Waals surface area contributed by atoms with Crippen LogP contribution in [0, 0.1) is 0 Å². The number of benzene rings is 1. The summed E-state index contributed by atoms with van der Waals surface area (Å²) in [5.74, 6) is -1.49. The van der Waals surface area contributed by atoms with Crippen LogP contribution in [0.4, 0.5) is 0 Å². The maximum atomic E-state index is 11.7. The van der Waals surface area contributed by atoms with Crippen molar-refractivity contribution in [2.75, 3.05) is 27.4 Å². The van der Waals surface area contributed by atoms with Crippen molar-refractivity contribution in [2.24, 2.45) is 0 Å². The molecule has 24 heavy (non-hydrogen) atoms. The summed E-state index contributed by atoms with van der Waals surface area (Å²) >= 11 is 0. The minimum absolute atomic E-state index is 0.0204. The van der Waals surface area contributed by atoms with Gasteiger partial charge in [-0.2, -0.15) is 0 Å². The molecule has 0 bridgehead atoms. The van der Waals surface area contributed by atoms with E-state index in [4.69, 9.17) is 19.3 Å². The molecule has 0 saturated carbocycles. The average molecular weight is 344 g/mol. The number of ether oxygens (including phenoxy) is 3. The Hall–Kier alpha value is -1.91. The number of hydrogen-bond donors (Lipinski definition) is 5. The molecule has 2 rings (SSSR count). The molecule has 0 unspecified atom stereocenters. The Labute approximate surface area is 137 Å². The van der Waals surface area contributed by atoms with Crippen LogP contribution in [0.2, 0.25) is 0 Å². The molecule has 1 saturated heterocycles. The molecule has 134 valence electrons. The summed E-state index contributed by atoms with van der Waals surface area (Å²) < 4.78 is 15.3. The number of aliphatic hydroxyl groups excluding tert-OH is 3. The normalized spacial score (nSPS) is 30.0. The molecule has 1 heterocycles. The van der Waals surface area contributed by atoms with Gasteiger partial charge in [0.25, 0.3) is 0 Å². The van der Waals surface area contributed by atoms with Crippen LogP contribution in [0.15, 0.2) is 12.1 Å². The summed E-state index contributed by atoms with van der Waals surface area (Å²) in [7, 11) is 2.52. The lowest BCUT2D eigenvalue weighted by Crippen LogP contribution is -2.60. The fourth-order valence-electron chi connectivity index (χ4n) is 2.83. The van der Waals surface area contributed by atoms with E-state index < -0.39 is 48.7 Å². The molecule has 0 aromatic heterocycles. The summed E-state index contributed by atoms with van der Waals surface area (Å²) in [6.45, 7) is -1.13. The van der Waals surface area contributed by atoms with E-state index in [2.05, 4.69) is 0 Å². The minimum Gasteiger partial charge on any atom is -0.496 e. The van der Waals surface area contributed by atoms with Crippen LogP contribution in [0.1, 0.15) is 15.9 Å². The number of aliphatic hydroxyl groups is 4. The number of carboxylic acid groups (broad SMARTS) is 1. The molecular formula is C15H20O9. The van der Waals surface area contributed by atoms with Crippen LogP contribution in [-0.4, -0.2) is 77.2 Å². The molecule has 4 atom stereocenters. The van der Waals surface area contributed by atoms with Gasteiger partial charge in [-0.25, -0.2) is 4.79 Å². The van der Waals surface area contributed by atoms with Crippen LogP contribution in [0.3, 0.4) is 0 Å². The molecule has 1 aliphatic rings. The molecule has 9 nitrogen and oxygen atoms in total. The standard InChI is InChI=1S/C15H20O9/c1-22-7-3-4-8(23-2)11(10(7)14(19)20)15(21)6-24-9(5-16)12(17)13(15)18/h3-4,9,12-13,16-18,21H,5-6H2,1-2H3,(H,19,20)/t9-,12-,13+,15+/m1/s1. The summed E-state index contributed by atoms with van der Waals surface area (Å²) in [6.07, 6.45) is -4.56. The third kappa shape index (κ3) is 2.80. The van der Waals surface area contributed by atoms with Gasteiger partial charge in [0.2, 0.25) is 0 Å². The smallest absolute Gasteiger partial charge is 0.340 e. The fourth-order valence-corrected chi connectivity index (χ4v) is 2.83. The van der Waals surface area contributed by atoms with Gasteiger partial charge >= 0.3 is 5.97 Å². The molecule has 0 aliphatic carbocycles. The van der Waals surface area contributed by atoms with E-state index in [1.807, 2.05) is 0 Å². The highest BCUT2D eigenvalue weighted by molar-refractivity contribution is 5.94. The minimum atomic E-state index is -2.28. The van der Waals surface area contributed by atoms with Crippen molar-refractivity contribution < 1.29 is 44.5 Å². The Morgan fingerprint density at radius 2 is 1.88 bits per heavy atom. The molecule has 1 fully saturated rings. The molecule has 0 spiro atoms. The average Bonchev–Trinajstić information content (AvgIpc) is 2.58. The zero-order valence-corrected chi connectivity index (χ0v) is 13.2. The summed E-state index contributed by atoms with van der Waals surface area (Å²) in [4.78, 5) is 11.7. The van der Waals surface area contributed by atoms with Gasteiger partial charge in [0.1, 0.15) is 41.0 Å². The number of carbonyl (C=O) groups is 1. The van der Waals surface area contributed by atoms with Crippen LogP contribution < -0.4 is 9.47 Å². The molecular weight excluding hydrogens is 324 g/mol. The fraction of sp³-hybridized carbons (Fsp3) is 0.533. The zero-order valence-electron chi connectivity index (χ0n) is 13.2. The van der Waals surface area contributed by atoms with Crippen molar-refractivity contribution in [1.29, 1.82) is 0 Å². The lowest BCUT2D eigenvalue weighted by molar-refractivity contribution is -0.245. The largest absolute Gasteiger partial charge is 0.496 e. The van der Waals surface area contributed by atoms with Gasteiger partial charge in [-0.1, -0.05) is 0 Å². The third-order valence-electron chi connectivity index (χ3n) is 4.11. The van der Waals surface area contributed by atoms with Crippen molar-refractivity contribution >= 4 is 5.97 Å². The molecule has 0 radical (unpaired) electrons. The van der Waals surface area contributed by atoms with E-state index in [1.54, 1.807) is 0 Å². The van der Waals surface area contributed by atoms with E-state index in [0.717, 1.165) is 0 Å². The predicted octanol–water partition coefficient (Wildman–Crippen LogP) is -1.30. The Balaban J connectivity index is 2.67. The number of rotatable bonds is 5. The second-order valence-corrected chi connectivity index (χ2v) is 5.42. The van der Waals surface area contributed by atoms with Crippen LogP contribution in [0.25, 0.3) is 0 Å². The highest BCUT2D eigenvalue weighted by Gasteiger charge is 2.52.